The van der Waals surface area contributed by atoms with Crippen molar-refractivity contribution in [2.24, 2.45) is 5.41 Å². The second-order valence-electron chi connectivity index (χ2n) is 22.9. The van der Waals surface area contributed by atoms with E-state index in [2.05, 4.69) is 66.8 Å². The third kappa shape index (κ3) is 10.1. The average molecular weight is 1100 g/mol. The Balaban J connectivity index is 0.744. The molecule has 0 spiro atoms. The van der Waals surface area contributed by atoms with Crippen molar-refractivity contribution >= 4 is 66.1 Å². The third-order valence-electron chi connectivity index (χ3n) is 16.4. The molecule has 3 saturated heterocycles. The SMILES string of the molecule is [2H]C([2H])([2H])Oc1ncc(-c2ccnc(N3CCn4c(cc5c4CC(C)(C)C5)C3=O)c2C(C)(C)O)cc1Nc1ccc(N2CCN(C3CCN(c4ccc5c(c4)C(=O)N([C@H]4CCC(=O)N(COP(=O)(O)O)C4=O)C5=O)[C@@H](C)C3)C[C@@H]2C)cn1. The molecule has 416 valence electrons. The highest BCUT2D eigenvalue weighted by atomic mass is 31.2. The van der Waals surface area contributed by atoms with E-state index in [1.165, 1.54) is 17.5 Å². The standard InChI is InChI=1S/C56H66N11O11P/c1-32-22-36(15-17-62(32)37-8-10-40-41(25-37)52(70)67(51(40)69)43-11-13-47(68)66(53(43)71)31-78-79(74,75)76)61-18-19-63(33(2)30-61)38-9-12-46(58-29-38)60-42-23-35(28-59-50(42)77-7)39-14-16-57-49(48(39)56(5,6)73)65-21-20-64-44(54(65)72)24-34-26-55(3,4)27-45(34)64/h8-10,12,14,16,23-25,28-29,32-33,36,43,73H,11,13,15,17-22,26-27,30-31H2,1-7H3,(H,58,60)(H2,74,75,76)/t32-,33-,36?,43-/m0/s1/i7D3. The van der Waals surface area contributed by atoms with Crippen LogP contribution in [0.5, 0.6) is 5.88 Å². The molecule has 1 unspecified atom stereocenters. The van der Waals surface area contributed by atoms with Gasteiger partial charge < -0.3 is 39.3 Å². The molecule has 6 aliphatic rings. The molecule has 5 amide bonds. The van der Waals surface area contributed by atoms with Crippen LogP contribution >= 0.6 is 7.82 Å². The van der Waals surface area contributed by atoms with E-state index in [9.17, 15) is 33.6 Å². The summed E-state index contributed by atoms with van der Waals surface area (Å²) >= 11 is 0. The number of carbonyl (C=O) groups excluding carboxylic acids is 5. The van der Waals surface area contributed by atoms with E-state index < -0.39 is 56.9 Å². The number of anilines is 5. The number of benzene rings is 1. The summed E-state index contributed by atoms with van der Waals surface area (Å²) in [6.45, 7) is 14.9. The monoisotopic (exact) mass is 1100 g/mol. The highest BCUT2D eigenvalue weighted by Crippen LogP contribution is 2.44. The number of aromatic nitrogens is 4. The van der Waals surface area contributed by atoms with Crippen molar-refractivity contribution in [3.63, 3.8) is 0 Å². The zero-order chi connectivity index (χ0) is 58.5. The lowest BCUT2D eigenvalue weighted by molar-refractivity contribution is -0.155. The first kappa shape index (κ1) is 50.2. The van der Waals surface area contributed by atoms with Crippen LogP contribution in [0, 0.1) is 5.41 Å². The van der Waals surface area contributed by atoms with Crippen LogP contribution in [-0.2, 0) is 43.7 Å². The quantitative estimate of drug-likeness (QED) is 0.0796. The molecule has 0 radical (unpaired) electrons. The summed E-state index contributed by atoms with van der Waals surface area (Å²) in [5.74, 6) is -2.74. The van der Waals surface area contributed by atoms with E-state index in [1.807, 2.05) is 12.1 Å². The molecule has 9 heterocycles. The molecule has 22 nitrogen and oxygen atoms in total. The number of ether oxygens (including phenoxy) is 1. The number of methoxy groups -OCH3 is 1. The largest absolute Gasteiger partial charge is 0.480 e. The number of carbonyl (C=O) groups is 5. The van der Waals surface area contributed by atoms with Crippen molar-refractivity contribution in [2.45, 2.75) is 116 Å². The van der Waals surface area contributed by atoms with Gasteiger partial charge >= 0.3 is 7.82 Å². The number of phosphoric ester groups is 1. The maximum absolute atomic E-state index is 14.3. The van der Waals surface area contributed by atoms with E-state index in [0.29, 0.717) is 58.6 Å². The molecule has 11 rings (SSSR count). The van der Waals surface area contributed by atoms with Gasteiger partial charge in [0.05, 0.1) is 39.8 Å². The van der Waals surface area contributed by atoms with Gasteiger partial charge in [-0.2, -0.15) is 0 Å². The molecule has 1 aromatic carbocycles. The van der Waals surface area contributed by atoms with Crippen LogP contribution in [0.15, 0.2) is 67.1 Å². The normalized spacial score (nSPS) is 23.4. The molecule has 0 saturated carbocycles. The Hall–Kier alpha value is -7.07. The molecule has 23 heteroatoms. The number of fused-ring (bicyclic) bond motifs is 4. The molecule has 4 atom stereocenters. The predicted octanol–water partition coefficient (Wildman–Crippen LogP) is 5.85. The lowest BCUT2D eigenvalue weighted by Gasteiger charge is -2.48. The van der Waals surface area contributed by atoms with Crippen LogP contribution in [0.4, 0.5) is 28.7 Å². The summed E-state index contributed by atoms with van der Waals surface area (Å²) in [4.78, 5) is 110. The van der Waals surface area contributed by atoms with Crippen LogP contribution < -0.4 is 24.8 Å². The van der Waals surface area contributed by atoms with Gasteiger partial charge in [0.25, 0.3) is 23.6 Å². The van der Waals surface area contributed by atoms with Gasteiger partial charge in [0.1, 0.15) is 35.8 Å². The van der Waals surface area contributed by atoms with E-state index in [0.717, 1.165) is 61.6 Å². The number of hydrogen-bond acceptors (Lipinski definition) is 16. The zero-order valence-corrected chi connectivity index (χ0v) is 45.8. The molecular formula is C56H66N11O11P. The topological polar surface area (TPSA) is 257 Å². The number of nitrogens with one attached hydrogen (secondary N) is 1. The summed E-state index contributed by atoms with van der Waals surface area (Å²) in [5.41, 5.74) is 5.19. The molecule has 4 N–H and O–H groups in total. The zero-order valence-electron chi connectivity index (χ0n) is 47.9. The summed E-state index contributed by atoms with van der Waals surface area (Å²) in [6, 6.07) is 13.3. The van der Waals surface area contributed by atoms with Gasteiger partial charge in [-0.3, -0.25) is 48.1 Å². The van der Waals surface area contributed by atoms with Crippen molar-refractivity contribution in [3.05, 3.63) is 101 Å². The number of hydrogen-bond donors (Lipinski definition) is 4. The first-order valence-corrected chi connectivity index (χ1v) is 28.2. The van der Waals surface area contributed by atoms with Crippen LogP contribution in [0.3, 0.4) is 0 Å². The summed E-state index contributed by atoms with van der Waals surface area (Å²) in [5, 5.41) is 15.0. The molecule has 5 aromatic rings. The lowest BCUT2D eigenvalue weighted by atomic mass is 9.89. The van der Waals surface area contributed by atoms with E-state index in [1.54, 1.807) is 67.5 Å². The number of phosphoric acid groups is 1. The van der Waals surface area contributed by atoms with Crippen LogP contribution in [-0.4, -0.2) is 149 Å². The minimum atomic E-state index is -5.03. The van der Waals surface area contributed by atoms with Gasteiger partial charge in [-0.05, 0) is 125 Å². The number of imide groups is 2. The smallest absolute Gasteiger partial charge is 0.471 e. The van der Waals surface area contributed by atoms with Crippen LogP contribution in [0.25, 0.3) is 11.1 Å². The van der Waals surface area contributed by atoms with Gasteiger partial charge in [0, 0.05) is 98.7 Å². The lowest BCUT2D eigenvalue weighted by Crippen LogP contribution is -2.58. The molecule has 4 aromatic heterocycles. The van der Waals surface area contributed by atoms with E-state index >= 15 is 0 Å². The van der Waals surface area contributed by atoms with Crippen molar-refractivity contribution < 1.29 is 56.8 Å². The minimum absolute atomic E-state index is 0.0618. The number of likely N-dealkylation sites (tertiary alicyclic amines) is 1. The molecule has 0 bridgehead atoms. The van der Waals surface area contributed by atoms with Gasteiger partial charge in [-0.15, -0.1) is 0 Å². The fourth-order valence-corrected chi connectivity index (χ4v) is 13.0. The van der Waals surface area contributed by atoms with E-state index in [4.69, 9.17) is 23.6 Å². The van der Waals surface area contributed by atoms with Gasteiger partial charge in [-0.25, -0.2) is 19.5 Å². The third-order valence-corrected chi connectivity index (χ3v) is 16.9. The number of piperazine rings is 1. The van der Waals surface area contributed by atoms with Crippen LogP contribution in [0.1, 0.15) is 119 Å². The fraction of sp³-hybridized carbons (Fsp3) is 0.464. The maximum Gasteiger partial charge on any atom is 0.471 e. The van der Waals surface area contributed by atoms with Gasteiger partial charge in [0.15, 0.2) is 0 Å². The van der Waals surface area contributed by atoms with Gasteiger partial charge in [-0.1, -0.05) is 13.8 Å². The Morgan fingerprint density at radius 3 is 2.33 bits per heavy atom. The summed E-state index contributed by atoms with van der Waals surface area (Å²) < 4.78 is 47.0. The average Bonchev–Trinajstić information content (AvgIpc) is 4.15. The first-order chi connectivity index (χ1) is 38.6. The molecule has 3 fully saturated rings. The van der Waals surface area contributed by atoms with E-state index in [-0.39, 0.29) is 65.0 Å². The Morgan fingerprint density at radius 2 is 1.61 bits per heavy atom. The number of piperidine rings is 2. The number of amides is 5. The maximum atomic E-state index is 14.3. The van der Waals surface area contributed by atoms with Crippen molar-refractivity contribution in [3.8, 4) is 17.0 Å². The Labute approximate surface area is 461 Å². The van der Waals surface area contributed by atoms with Crippen LogP contribution in [0.2, 0.25) is 0 Å². The number of nitrogens with zero attached hydrogens (tertiary/aromatic N) is 10. The predicted molar refractivity (Wildman–Crippen MR) is 292 cm³/mol. The van der Waals surface area contributed by atoms with Crippen molar-refractivity contribution in [1.29, 1.82) is 0 Å². The van der Waals surface area contributed by atoms with Gasteiger partial charge in [0.2, 0.25) is 11.8 Å². The molecule has 1 aliphatic carbocycles. The van der Waals surface area contributed by atoms with Crippen molar-refractivity contribution in [2.75, 3.05) is 66.5 Å². The van der Waals surface area contributed by atoms with Crippen molar-refractivity contribution in [1.82, 2.24) is 34.2 Å². The second kappa shape index (κ2) is 20.2. The Bertz CT molecular complexity index is 3470. The molecular weight excluding hydrogens is 1030 g/mol. The highest BCUT2D eigenvalue weighted by molar-refractivity contribution is 7.46. The summed E-state index contributed by atoms with van der Waals surface area (Å²) in [7, 11) is -7.85. The highest BCUT2D eigenvalue weighted by Gasteiger charge is 2.48. The number of aliphatic hydroxyl groups is 1. The number of pyridine rings is 3. The fourth-order valence-electron chi connectivity index (χ4n) is 12.8. The second-order valence-corrected chi connectivity index (χ2v) is 24.1. The molecule has 5 aliphatic heterocycles. The summed E-state index contributed by atoms with van der Waals surface area (Å²) in [6.07, 6.45) is 7.91. The molecule has 79 heavy (non-hydrogen) atoms. The first-order valence-electron chi connectivity index (χ1n) is 28.1. The minimum Gasteiger partial charge on any atom is -0.480 e. The Kier molecular flexibility index (Phi) is 12.8. The number of rotatable bonds is 13. The Morgan fingerprint density at radius 1 is 0.835 bits per heavy atom.